The van der Waals surface area contributed by atoms with Crippen molar-refractivity contribution in [3.8, 4) is 0 Å². The van der Waals surface area contributed by atoms with Gasteiger partial charge in [0.05, 0.1) is 0 Å². The number of nitrogens with one attached hydrogen (secondary N) is 1. The van der Waals surface area contributed by atoms with Gasteiger partial charge in [-0.1, -0.05) is 30.7 Å². The first-order chi connectivity index (χ1) is 8.02. The summed E-state index contributed by atoms with van der Waals surface area (Å²) in [5, 5.41) is 12.8. The van der Waals surface area contributed by atoms with E-state index in [1.165, 1.54) is 0 Å². The second kappa shape index (κ2) is 6.62. The highest BCUT2D eigenvalue weighted by Gasteiger charge is 2.17. The van der Waals surface area contributed by atoms with Crippen LogP contribution in [0, 0.1) is 0 Å². The zero-order chi connectivity index (χ0) is 12.8. The van der Waals surface area contributed by atoms with Crippen LogP contribution in [0.25, 0.3) is 0 Å². The van der Waals surface area contributed by atoms with E-state index in [0.29, 0.717) is 11.4 Å². The van der Waals surface area contributed by atoms with Crippen LogP contribution in [-0.2, 0) is 11.2 Å². The van der Waals surface area contributed by atoms with Crippen molar-refractivity contribution in [3.63, 3.8) is 0 Å². The summed E-state index contributed by atoms with van der Waals surface area (Å²) >= 11 is 5.80. The van der Waals surface area contributed by atoms with E-state index in [1.54, 1.807) is 0 Å². The van der Waals surface area contributed by atoms with Gasteiger partial charge in [-0.05, 0) is 37.5 Å². The Kier molecular flexibility index (Phi) is 5.45. The molecule has 1 rings (SSSR count). The predicted octanol–water partition coefficient (Wildman–Crippen LogP) is 2.72. The third kappa shape index (κ3) is 4.75. The number of aliphatic carboxylic acids is 1. The Balaban J connectivity index is 2.51. The van der Waals surface area contributed by atoms with Crippen molar-refractivity contribution in [2.75, 3.05) is 0 Å². The van der Waals surface area contributed by atoms with Crippen molar-refractivity contribution in [3.05, 3.63) is 34.9 Å². The normalized spacial score (nSPS) is 14.3. The second-order valence-corrected chi connectivity index (χ2v) is 4.63. The minimum Gasteiger partial charge on any atom is -0.480 e. The lowest BCUT2D eigenvalue weighted by molar-refractivity contribution is -0.139. The number of rotatable bonds is 6. The van der Waals surface area contributed by atoms with Crippen LogP contribution in [0.1, 0.15) is 25.8 Å². The van der Waals surface area contributed by atoms with Crippen LogP contribution in [-0.4, -0.2) is 23.2 Å². The van der Waals surface area contributed by atoms with Crippen LogP contribution >= 0.6 is 11.6 Å². The molecule has 1 aromatic rings. The minimum absolute atomic E-state index is 0.122. The van der Waals surface area contributed by atoms with Crippen molar-refractivity contribution >= 4 is 17.6 Å². The van der Waals surface area contributed by atoms with Crippen molar-refractivity contribution in [2.45, 2.75) is 38.8 Å². The third-order valence-corrected chi connectivity index (χ3v) is 2.90. The lowest BCUT2D eigenvalue weighted by Crippen LogP contribution is -2.42. The van der Waals surface area contributed by atoms with Gasteiger partial charge in [0.1, 0.15) is 6.04 Å². The molecule has 1 aromatic carbocycles. The molecule has 0 saturated heterocycles. The summed E-state index contributed by atoms with van der Waals surface area (Å²) in [4.78, 5) is 10.9. The van der Waals surface area contributed by atoms with Gasteiger partial charge in [-0.25, -0.2) is 0 Å². The second-order valence-electron chi connectivity index (χ2n) is 4.20. The average Bonchev–Trinajstić information content (AvgIpc) is 2.28. The van der Waals surface area contributed by atoms with Gasteiger partial charge in [0, 0.05) is 11.1 Å². The van der Waals surface area contributed by atoms with Gasteiger partial charge in [0.15, 0.2) is 0 Å². The molecule has 0 aliphatic rings. The van der Waals surface area contributed by atoms with Crippen LogP contribution in [0.2, 0.25) is 5.02 Å². The van der Waals surface area contributed by atoms with Crippen molar-refractivity contribution in [1.82, 2.24) is 5.32 Å². The van der Waals surface area contributed by atoms with Gasteiger partial charge in [0.25, 0.3) is 0 Å². The summed E-state index contributed by atoms with van der Waals surface area (Å²) in [6.45, 7) is 3.85. The number of carboxylic acid groups (broad SMARTS) is 1. The van der Waals surface area contributed by atoms with E-state index in [9.17, 15) is 4.79 Å². The van der Waals surface area contributed by atoms with E-state index < -0.39 is 12.0 Å². The topological polar surface area (TPSA) is 49.3 Å². The maximum Gasteiger partial charge on any atom is 0.320 e. The molecule has 0 saturated carbocycles. The predicted molar refractivity (Wildman–Crippen MR) is 69.5 cm³/mol. The Morgan fingerprint density at radius 3 is 2.47 bits per heavy atom. The summed E-state index contributed by atoms with van der Waals surface area (Å²) < 4.78 is 0. The highest BCUT2D eigenvalue weighted by molar-refractivity contribution is 6.30. The van der Waals surface area contributed by atoms with Crippen molar-refractivity contribution in [2.24, 2.45) is 0 Å². The molecular weight excluding hydrogens is 238 g/mol. The van der Waals surface area contributed by atoms with Crippen LogP contribution in [0.15, 0.2) is 24.3 Å². The first-order valence-corrected chi connectivity index (χ1v) is 6.14. The highest BCUT2D eigenvalue weighted by Crippen LogP contribution is 2.11. The van der Waals surface area contributed by atoms with Gasteiger partial charge in [-0.2, -0.15) is 0 Å². The first-order valence-electron chi connectivity index (χ1n) is 5.76. The Hall–Kier alpha value is -1.06. The third-order valence-electron chi connectivity index (χ3n) is 2.65. The lowest BCUT2D eigenvalue weighted by atomic mass is 10.1. The molecule has 0 amide bonds. The minimum atomic E-state index is -0.796. The average molecular weight is 256 g/mol. The Morgan fingerprint density at radius 2 is 2.00 bits per heavy atom. The summed E-state index contributed by atoms with van der Waals surface area (Å²) in [5.74, 6) is -0.796. The van der Waals surface area contributed by atoms with E-state index in [-0.39, 0.29) is 6.04 Å². The van der Waals surface area contributed by atoms with E-state index in [0.717, 1.165) is 12.0 Å². The molecule has 4 heteroatoms. The molecule has 0 spiro atoms. The Labute approximate surface area is 107 Å². The Bertz CT molecular complexity index is 364. The van der Waals surface area contributed by atoms with E-state index in [2.05, 4.69) is 5.32 Å². The molecule has 3 nitrogen and oxygen atoms in total. The molecule has 0 aliphatic carbocycles. The number of halogens is 1. The van der Waals surface area contributed by atoms with E-state index in [1.807, 2.05) is 38.1 Å². The molecule has 0 aliphatic heterocycles. The molecule has 2 unspecified atom stereocenters. The molecule has 0 bridgehead atoms. The highest BCUT2D eigenvalue weighted by atomic mass is 35.5. The van der Waals surface area contributed by atoms with E-state index in [4.69, 9.17) is 16.7 Å². The molecule has 17 heavy (non-hydrogen) atoms. The molecule has 0 aromatic heterocycles. The fraction of sp³-hybridized carbons (Fsp3) is 0.462. The number of hydrogen-bond donors (Lipinski definition) is 2. The summed E-state index contributed by atoms with van der Waals surface area (Å²) in [5.41, 5.74) is 1.15. The molecule has 0 radical (unpaired) electrons. The van der Waals surface area contributed by atoms with Crippen molar-refractivity contribution in [1.29, 1.82) is 0 Å². The van der Waals surface area contributed by atoms with Gasteiger partial charge in [-0.15, -0.1) is 0 Å². The number of carbonyl (C=O) groups is 1. The lowest BCUT2D eigenvalue weighted by Gasteiger charge is -2.19. The number of hydrogen-bond acceptors (Lipinski definition) is 2. The molecule has 0 fully saturated rings. The van der Waals surface area contributed by atoms with Crippen LogP contribution in [0.4, 0.5) is 0 Å². The summed E-state index contributed by atoms with van der Waals surface area (Å²) in [7, 11) is 0. The monoisotopic (exact) mass is 255 g/mol. The molecule has 0 heterocycles. The Morgan fingerprint density at radius 1 is 1.41 bits per heavy atom. The van der Waals surface area contributed by atoms with Crippen LogP contribution in [0.5, 0.6) is 0 Å². The van der Waals surface area contributed by atoms with Crippen LogP contribution in [0.3, 0.4) is 0 Å². The quantitative estimate of drug-likeness (QED) is 0.822. The first kappa shape index (κ1) is 14.0. The molecule has 94 valence electrons. The fourth-order valence-electron chi connectivity index (χ4n) is 1.74. The van der Waals surface area contributed by atoms with Gasteiger partial charge >= 0.3 is 5.97 Å². The van der Waals surface area contributed by atoms with Crippen LogP contribution < -0.4 is 5.32 Å². The number of carboxylic acids is 1. The maximum absolute atomic E-state index is 10.9. The van der Waals surface area contributed by atoms with Gasteiger partial charge in [0.2, 0.25) is 0 Å². The molecule has 2 atom stereocenters. The fourth-order valence-corrected chi connectivity index (χ4v) is 1.87. The smallest absolute Gasteiger partial charge is 0.320 e. The number of benzene rings is 1. The maximum atomic E-state index is 10.9. The zero-order valence-corrected chi connectivity index (χ0v) is 10.9. The van der Waals surface area contributed by atoms with Gasteiger partial charge < -0.3 is 10.4 Å². The van der Waals surface area contributed by atoms with Gasteiger partial charge in [-0.3, -0.25) is 4.79 Å². The summed E-state index contributed by atoms with van der Waals surface area (Å²) in [6.07, 6.45) is 1.38. The van der Waals surface area contributed by atoms with E-state index >= 15 is 0 Å². The largest absolute Gasteiger partial charge is 0.480 e. The standard InChI is InChI=1S/C13H18ClNO2/c1-3-12(13(16)17)15-9(2)8-10-4-6-11(14)7-5-10/h4-7,9,12,15H,3,8H2,1-2H3,(H,16,17). The zero-order valence-electron chi connectivity index (χ0n) is 10.1. The molecule has 2 N–H and O–H groups in total. The van der Waals surface area contributed by atoms with Crippen molar-refractivity contribution < 1.29 is 9.90 Å². The SMILES string of the molecule is CCC(NC(C)Cc1ccc(Cl)cc1)C(=O)O. The summed E-state index contributed by atoms with van der Waals surface area (Å²) in [6, 6.07) is 7.26. The molecular formula is C13H18ClNO2.